The second-order valence-electron chi connectivity index (χ2n) is 3.72. The van der Waals surface area contributed by atoms with Gasteiger partial charge in [0.2, 0.25) is 5.91 Å². The number of amides is 1. The lowest BCUT2D eigenvalue weighted by atomic mass is 10.1. The van der Waals surface area contributed by atoms with Gasteiger partial charge in [-0.15, -0.1) is 11.3 Å². The molecule has 0 spiro atoms. The zero-order chi connectivity index (χ0) is 10.3. The van der Waals surface area contributed by atoms with Gasteiger partial charge in [0.25, 0.3) is 0 Å². The van der Waals surface area contributed by atoms with Crippen LogP contribution in [0.3, 0.4) is 0 Å². The molecule has 0 saturated carbocycles. The quantitative estimate of drug-likeness (QED) is 0.689. The summed E-state index contributed by atoms with van der Waals surface area (Å²) in [6.45, 7) is 4.09. The van der Waals surface area contributed by atoms with Crippen molar-refractivity contribution in [3.8, 4) is 0 Å². The van der Waals surface area contributed by atoms with Gasteiger partial charge >= 0.3 is 0 Å². The van der Waals surface area contributed by atoms with Crippen molar-refractivity contribution in [3.63, 3.8) is 0 Å². The third-order valence-electron chi connectivity index (χ3n) is 2.70. The van der Waals surface area contributed by atoms with E-state index in [-0.39, 0.29) is 11.9 Å². The fraction of sp³-hybridized carbons (Fsp3) is 0.500. The van der Waals surface area contributed by atoms with Gasteiger partial charge in [-0.25, -0.2) is 0 Å². The Balaban J connectivity index is 2.51. The molecule has 1 unspecified atom stereocenters. The van der Waals surface area contributed by atoms with Gasteiger partial charge in [-0.1, -0.05) is 0 Å². The monoisotopic (exact) mass is 210 g/mol. The number of thiophene rings is 1. The van der Waals surface area contributed by atoms with Gasteiger partial charge in [-0.05, 0) is 25.8 Å². The number of aryl methyl sites for hydroxylation is 1. The molecule has 1 aliphatic heterocycles. The summed E-state index contributed by atoms with van der Waals surface area (Å²) in [4.78, 5) is 13.8. The number of rotatable bonds is 0. The molecule has 4 heteroatoms. The highest BCUT2D eigenvalue weighted by atomic mass is 32.1. The van der Waals surface area contributed by atoms with Crippen molar-refractivity contribution in [1.82, 2.24) is 0 Å². The minimum atomic E-state index is 0.0151. The van der Waals surface area contributed by atoms with Gasteiger partial charge in [0.15, 0.2) is 0 Å². The smallest absolute Gasteiger partial charge is 0.224 e. The van der Waals surface area contributed by atoms with E-state index in [1.165, 1.54) is 4.88 Å². The topological polar surface area (TPSA) is 55.1 Å². The van der Waals surface area contributed by atoms with Crippen LogP contribution in [0, 0.1) is 13.8 Å². The Hall–Kier alpha value is -0.870. The highest BCUT2D eigenvalue weighted by molar-refractivity contribution is 7.12. The second-order valence-corrected chi connectivity index (χ2v) is 4.97. The fourth-order valence-corrected chi connectivity index (χ4v) is 2.85. The predicted molar refractivity (Wildman–Crippen MR) is 58.6 cm³/mol. The van der Waals surface area contributed by atoms with Crippen LogP contribution in [0.4, 0.5) is 5.69 Å². The summed E-state index contributed by atoms with van der Waals surface area (Å²) in [6.07, 6.45) is 1.28. The van der Waals surface area contributed by atoms with Crippen molar-refractivity contribution in [3.05, 3.63) is 15.3 Å². The predicted octanol–water partition coefficient (Wildman–Crippen LogP) is 2.10. The van der Waals surface area contributed by atoms with Crippen LogP contribution < -0.4 is 11.1 Å². The summed E-state index contributed by atoms with van der Waals surface area (Å²) in [7, 11) is 0. The lowest BCUT2D eigenvalue weighted by molar-refractivity contribution is -0.116. The molecule has 3 nitrogen and oxygen atoms in total. The number of nitrogens with two attached hydrogens (primary N) is 1. The molecule has 0 radical (unpaired) electrons. The Bertz CT molecular complexity index is 384. The number of nitrogens with one attached hydrogen (secondary N) is 1. The van der Waals surface area contributed by atoms with E-state index in [4.69, 9.17) is 5.73 Å². The maximum Gasteiger partial charge on any atom is 0.224 e. The zero-order valence-corrected chi connectivity index (χ0v) is 9.20. The molecule has 0 fully saturated rings. The standard InChI is InChI=1S/C10H14N2OS/c1-5-6(2)14-10-7(11)3-4-8(13)12-9(5)10/h7H,3-4,11H2,1-2H3,(H,12,13). The molecule has 2 rings (SSSR count). The molecule has 1 atom stereocenters. The first kappa shape index (κ1) is 9.68. The summed E-state index contributed by atoms with van der Waals surface area (Å²) in [6, 6.07) is 0.0151. The largest absolute Gasteiger partial charge is 0.325 e. The Morgan fingerprint density at radius 3 is 2.93 bits per heavy atom. The molecule has 0 aliphatic carbocycles. The van der Waals surface area contributed by atoms with Crippen LogP contribution in [0.25, 0.3) is 0 Å². The molecular weight excluding hydrogens is 196 g/mol. The fourth-order valence-electron chi connectivity index (χ4n) is 1.69. The molecule has 76 valence electrons. The van der Waals surface area contributed by atoms with Gasteiger partial charge in [0, 0.05) is 22.2 Å². The van der Waals surface area contributed by atoms with Crippen molar-refractivity contribution in [1.29, 1.82) is 0 Å². The molecule has 0 aromatic carbocycles. The number of hydrogen-bond donors (Lipinski definition) is 2. The molecule has 3 N–H and O–H groups in total. The first-order chi connectivity index (χ1) is 6.59. The number of hydrogen-bond acceptors (Lipinski definition) is 3. The van der Waals surface area contributed by atoms with Gasteiger partial charge < -0.3 is 11.1 Å². The summed E-state index contributed by atoms with van der Waals surface area (Å²) in [5.74, 6) is 0.0834. The van der Waals surface area contributed by atoms with E-state index in [0.717, 1.165) is 22.5 Å². The first-order valence-electron chi connectivity index (χ1n) is 4.75. The lowest BCUT2D eigenvalue weighted by Gasteiger charge is -2.06. The summed E-state index contributed by atoms with van der Waals surface area (Å²) >= 11 is 1.70. The normalized spacial score (nSPS) is 21.4. The third kappa shape index (κ3) is 1.44. The van der Waals surface area contributed by atoms with E-state index >= 15 is 0 Å². The van der Waals surface area contributed by atoms with Crippen molar-refractivity contribution in [2.24, 2.45) is 5.73 Å². The number of carbonyl (C=O) groups excluding carboxylic acids is 1. The third-order valence-corrected chi connectivity index (χ3v) is 4.04. The van der Waals surface area contributed by atoms with Crippen molar-refractivity contribution in [2.45, 2.75) is 32.7 Å². The van der Waals surface area contributed by atoms with Crippen LogP contribution in [0.15, 0.2) is 0 Å². The Kier molecular flexibility index (Phi) is 2.33. The SMILES string of the molecule is Cc1sc2c(c1C)NC(=O)CCC2N. The van der Waals surface area contributed by atoms with Gasteiger partial charge in [-0.2, -0.15) is 0 Å². The molecule has 1 aromatic heterocycles. The van der Waals surface area contributed by atoms with E-state index < -0.39 is 0 Å². The highest BCUT2D eigenvalue weighted by Gasteiger charge is 2.23. The molecule has 1 aliphatic rings. The lowest BCUT2D eigenvalue weighted by Crippen LogP contribution is -2.09. The van der Waals surface area contributed by atoms with Crippen molar-refractivity contribution in [2.75, 3.05) is 5.32 Å². The molecule has 2 heterocycles. The molecule has 1 aromatic rings. The summed E-state index contributed by atoms with van der Waals surface area (Å²) in [5.41, 5.74) is 8.13. The van der Waals surface area contributed by atoms with E-state index in [2.05, 4.69) is 12.2 Å². The number of carbonyl (C=O) groups is 1. The van der Waals surface area contributed by atoms with Gasteiger partial charge in [0.05, 0.1) is 5.69 Å². The molecule has 14 heavy (non-hydrogen) atoms. The van der Waals surface area contributed by atoms with Crippen LogP contribution >= 0.6 is 11.3 Å². The maximum atomic E-state index is 11.4. The van der Waals surface area contributed by atoms with Crippen LogP contribution in [0.5, 0.6) is 0 Å². The molecule has 1 amide bonds. The van der Waals surface area contributed by atoms with E-state index in [9.17, 15) is 4.79 Å². The van der Waals surface area contributed by atoms with Crippen LogP contribution in [-0.4, -0.2) is 5.91 Å². The Labute approximate surface area is 87.3 Å². The molecule has 0 saturated heterocycles. The molecule has 0 bridgehead atoms. The average molecular weight is 210 g/mol. The van der Waals surface area contributed by atoms with Crippen LogP contribution in [0.1, 0.15) is 34.2 Å². The average Bonchev–Trinajstić information content (AvgIpc) is 2.33. The van der Waals surface area contributed by atoms with Crippen molar-refractivity contribution >= 4 is 22.9 Å². The first-order valence-corrected chi connectivity index (χ1v) is 5.56. The maximum absolute atomic E-state index is 11.4. The molecular formula is C10H14N2OS. The van der Waals surface area contributed by atoms with Gasteiger partial charge in [-0.3, -0.25) is 4.79 Å². The number of anilines is 1. The Morgan fingerprint density at radius 2 is 2.21 bits per heavy atom. The van der Waals surface area contributed by atoms with E-state index in [1.807, 2.05) is 6.92 Å². The van der Waals surface area contributed by atoms with Gasteiger partial charge in [0.1, 0.15) is 0 Å². The minimum absolute atomic E-state index is 0.0151. The zero-order valence-electron chi connectivity index (χ0n) is 8.39. The van der Waals surface area contributed by atoms with Crippen LogP contribution in [0.2, 0.25) is 0 Å². The van der Waals surface area contributed by atoms with E-state index in [0.29, 0.717) is 6.42 Å². The Morgan fingerprint density at radius 1 is 1.50 bits per heavy atom. The summed E-state index contributed by atoms with van der Waals surface area (Å²) < 4.78 is 0. The second kappa shape index (κ2) is 3.37. The number of fused-ring (bicyclic) bond motifs is 1. The van der Waals surface area contributed by atoms with Crippen LogP contribution in [-0.2, 0) is 4.79 Å². The van der Waals surface area contributed by atoms with E-state index in [1.54, 1.807) is 11.3 Å². The summed E-state index contributed by atoms with van der Waals surface area (Å²) in [5, 5.41) is 2.93. The highest BCUT2D eigenvalue weighted by Crippen LogP contribution is 2.38. The minimum Gasteiger partial charge on any atom is -0.325 e. The van der Waals surface area contributed by atoms with Crippen molar-refractivity contribution < 1.29 is 4.79 Å².